The second-order valence-corrected chi connectivity index (χ2v) is 3.36. The Hall–Kier alpha value is -1.28. The van der Waals surface area contributed by atoms with E-state index in [1.54, 1.807) is 12.3 Å². The third-order valence-corrected chi connectivity index (χ3v) is 2.39. The maximum absolute atomic E-state index is 11.4. The molecule has 2 nitrogen and oxygen atoms in total. The minimum Gasteiger partial charge on any atom is -0.361 e. The quantitative estimate of drug-likeness (QED) is 0.685. The molecule has 0 fully saturated rings. The molecule has 1 heterocycles. The van der Waals surface area contributed by atoms with E-state index in [-0.39, 0.29) is 5.43 Å². The second-order valence-electron chi connectivity index (χ2n) is 2.96. The van der Waals surface area contributed by atoms with Crippen LogP contribution in [0, 0.1) is 6.92 Å². The first-order valence-corrected chi connectivity index (χ1v) is 4.34. The first-order chi connectivity index (χ1) is 6.20. The smallest absolute Gasteiger partial charge is 0.190 e. The predicted molar refractivity (Wildman–Crippen MR) is 54.3 cm³/mol. The Bertz CT molecular complexity index is 516. The first kappa shape index (κ1) is 8.32. The van der Waals surface area contributed by atoms with Gasteiger partial charge in [-0.2, -0.15) is 0 Å². The van der Waals surface area contributed by atoms with Crippen molar-refractivity contribution in [2.75, 3.05) is 0 Å². The van der Waals surface area contributed by atoms with Crippen molar-refractivity contribution in [1.29, 1.82) is 0 Å². The fourth-order valence-corrected chi connectivity index (χ4v) is 1.64. The summed E-state index contributed by atoms with van der Waals surface area (Å²) in [5.74, 6) is 0. The molecule has 3 heteroatoms. The predicted octanol–water partition coefficient (Wildman–Crippen LogP) is 2.49. The van der Waals surface area contributed by atoms with Crippen LogP contribution in [-0.4, -0.2) is 4.98 Å². The van der Waals surface area contributed by atoms with Gasteiger partial charge in [-0.3, -0.25) is 4.79 Å². The molecular weight excluding hydrogens is 186 g/mol. The van der Waals surface area contributed by atoms with E-state index >= 15 is 0 Å². The average molecular weight is 194 g/mol. The lowest BCUT2D eigenvalue weighted by Crippen LogP contribution is -2.01. The third kappa shape index (κ3) is 1.23. The number of aromatic nitrogens is 1. The molecule has 2 rings (SSSR count). The molecule has 0 saturated carbocycles. The Labute approximate surface area is 80.2 Å². The minimum atomic E-state index is -0.0394. The number of hydrogen-bond acceptors (Lipinski definition) is 1. The number of H-pyrrole nitrogens is 1. The van der Waals surface area contributed by atoms with Gasteiger partial charge in [0.2, 0.25) is 0 Å². The summed E-state index contributed by atoms with van der Waals surface area (Å²) in [6.45, 7) is 1.94. The van der Waals surface area contributed by atoms with E-state index in [4.69, 9.17) is 11.6 Å². The Morgan fingerprint density at radius 3 is 2.77 bits per heavy atom. The van der Waals surface area contributed by atoms with E-state index in [0.717, 1.165) is 11.1 Å². The Kier molecular flexibility index (Phi) is 1.85. The van der Waals surface area contributed by atoms with Crippen molar-refractivity contribution in [2.45, 2.75) is 6.92 Å². The molecule has 0 saturated heterocycles. The van der Waals surface area contributed by atoms with E-state index in [1.807, 2.05) is 13.0 Å². The number of fused-ring (bicyclic) bond motifs is 1. The Morgan fingerprint density at radius 2 is 2.08 bits per heavy atom. The van der Waals surface area contributed by atoms with Crippen LogP contribution < -0.4 is 5.43 Å². The summed E-state index contributed by atoms with van der Waals surface area (Å²) in [6, 6.07) is 5.11. The lowest BCUT2D eigenvalue weighted by atomic mass is 10.1. The Balaban J connectivity index is 3.09. The van der Waals surface area contributed by atoms with Crippen molar-refractivity contribution in [2.24, 2.45) is 0 Å². The largest absolute Gasteiger partial charge is 0.361 e. The summed E-state index contributed by atoms with van der Waals surface area (Å²) < 4.78 is 0. The minimum absolute atomic E-state index is 0.0394. The van der Waals surface area contributed by atoms with E-state index in [1.165, 1.54) is 6.07 Å². The van der Waals surface area contributed by atoms with Gasteiger partial charge < -0.3 is 4.98 Å². The van der Waals surface area contributed by atoms with Crippen LogP contribution in [0.1, 0.15) is 5.56 Å². The van der Waals surface area contributed by atoms with Gasteiger partial charge in [0.1, 0.15) is 0 Å². The highest BCUT2D eigenvalue weighted by Gasteiger charge is 2.04. The monoisotopic (exact) mass is 193 g/mol. The molecule has 0 aliphatic rings. The number of benzene rings is 1. The van der Waals surface area contributed by atoms with E-state index < -0.39 is 0 Å². The van der Waals surface area contributed by atoms with Gasteiger partial charge in [0.15, 0.2) is 5.43 Å². The summed E-state index contributed by atoms with van der Waals surface area (Å²) in [6.07, 6.45) is 1.63. The summed E-state index contributed by atoms with van der Waals surface area (Å²) in [4.78, 5) is 14.5. The maximum Gasteiger partial charge on any atom is 0.190 e. The summed E-state index contributed by atoms with van der Waals surface area (Å²) in [5.41, 5.74) is 1.81. The second kappa shape index (κ2) is 2.89. The van der Waals surface area contributed by atoms with Crippen LogP contribution in [0.2, 0.25) is 5.02 Å². The number of hydrogen-bond donors (Lipinski definition) is 1. The van der Waals surface area contributed by atoms with Crippen LogP contribution in [0.3, 0.4) is 0 Å². The summed E-state index contributed by atoms with van der Waals surface area (Å²) in [5, 5.41) is 1.08. The van der Waals surface area contributed by atoms with Crippen LogP contribution in [0.15, 0.2) is 29.2 Å². The molecule has 1 aromatic carbocycles. The molecule has 0 unspecified atom stereocenters. The van der Waals surface area contributed by atoms with Gasteiger partial charge in [-0.15, -0.1) is 0 Å². The first-order valence-electron chi connectivity index (χ1n) is 3.96. The molecule has 0 aliphatic carbocycles. The number of rotatable bonds is 0. The molecule has 1 N–H and O–H groups in total. The third-order valence-electron chi connectivity index (χ3n) is 2.07. The number of aromatic amines is 1. The highest BCUT2D eigenvalue weighted by atomic mass is 35.5. The summed E-state index contributed by atoms with van der Waals surface area (Å²) >= 11 is 5.91. The van der Waals surface area contributed by atoms with Crippen molar-refractivity contribution in [3.05, 3.63) is 45.2 Å². The highest BCUT2D eigenvalue weighted by molar-refractivity contribution is 6.35. The Morgan fingerprint density at radius 1 is 1.31 bits per heavy atom. The molecule has 0 radical (unpaired) electrons. The molecule has 13 heavy (non-hydrogen) atoms. The van der Waals surface area contributed by atoms with E-state index in [0.29, 0.717) is 10.4 Å². The summed E-state index contributed by atoms with van der Waals surface area (Å²) in [7, 11) is 0. The van der Waals surface area contributed by atoms with Crippen LogP contribution in [0.25, 0.3) is 10.9 Å². The van der Waals surface area contributed by atoms with Crippen LogP contribution >= 0.6 is 11.6 Å². The van der Waals surface area contributed by atoms with Gasteiger partial charge in [-0.25, -0.2) is 0 Å². The van der Waals surface area contributed by atoms with Gasteiger partial charge >= 0.3 is 0 Å². The van der Waals surface area contributed by atoms with Crippen molar-refractivity contribution >= 4 is 22.5 Å². The topological polar surface area (TPSA) is 32.9 Å². The molecule has 0 amide bonds. The van der Waals surface area contributed by atoms with Crippen LogP contribution in [0.4, 0.5) is 0 Å². The van der Waals surface area contributed by atoms with Gasteiger partial charge in [0.25, 0.3) is 0 Å². The standard InChI is InChI=1S/C10H8ClNO/c1-6-2-3-7(11)9-8(13)4-5-12-10(6)9/h2-5H,1H3,(H,12,13). The van der Waals surface area contributed by atoms with E-state index in [9.17, 15) is 4.79 Å². The maximum atomic E-state index is 11.4. The fraction of sp³-hybridized carbons (Fsp3) is 0.100. The number of nitrogens with one attached hydrogen (secondary N) is 1. The highest BCUT2D eigenvalue weighted by Crippen LogP contribution is 2.20. The fourth-order valence-electron chi connectivity index (χ4n) is 1.39. The van der Waals surface area contributed by atoms with Crippen molar-refractivity contribution < 1.29 is 0 Å². The SMILES string of the molecule is Cc1ccc(Cl)c2c(=O)cc[nH]c12. The molecule has 0 atom stereocenters. The molecule has 66 valence electrons. The number of aryl methyl sites for hydroxylation is 1. The van der Waals surface area contributed by atoms with E-state index in [2.05, 4.69) is 4.98 Å². The normalized spacial score (nSPS) is 10.6. The average Bonchev–Trinajstić information content (AvgIpc) is 2.12. The van der Waals surface area contributed by atoms with Crippen molar-refractivity contribution in [3.63, 3.8) is 0 Å². The molecule has 2 aromatic rings. The molecule has 0 spiro atoms. The van der Waals surface area contributed by atoms with Crippen molar-refractivity contribution in [3.8, 4) is 0 Å². The van der Waals surface area contributed by atoms with Gasteiger partial charge in [0, 0.05) is 12.3 Å². The van der Waals surface area contributed by atoms with Gasteiger partial charge in [0.05, 0.1) is 15.9 Å². The number of pyridine rings is 1. The lowest BCUT2D eigenvalue weighted by molar-refractivity contribution is 1.35. The molecular formula is C10H8ClNO. The molecule has 0 bridgehead atoms. The molecule has 1 aromatic heterocycles. The van der Waals surface area contributed by atoms with Crippen LogP contribution in [-0.2, 0) is 0 Å². The molecule has 0 aliphatic heterocycles. The zero-order valence-electron chi connectivity index (χ0n) is 7.10. The zero-order chi connectivity index (χ0) is 9.42. The van der Waals surface area contributed by atoms with Gasteiger partial charge in [-0.05, 0) is 18.6 Å². The number of halogens is 1. The van der Waals surface area contributed by atoms with Crippen molar-refractivity contribution in [1.82, 2.24) is 4.98 Å². The zero-order valence-corrected chi connectivity index (χ0v) is 7.85. The van der Waals surface area contributed by atoms with Crippen LogP contribution in [0.5, 0.6) is 0 Å². The van der Waals surface area contributed by atoms with Gasteiger partial charge in [-0.1, -0.05) is 17.7 Å². The lowest BCUT2D eigenvalue weighted by Gasteiger charge is -2.01.